The van der Waals surface area contributed by atoms with Crippen LogP contribution in [0.15, 0.2) is 54.7 Å². The number of halogens is 3. The molecule has 1 fully saturated rings. The average molecular weight is 565 g/mol. The van der Waals surface area contributed by atoms with E-state index in [1.54, 1.807) is 11.1 Å². The van der Waals surface area contributed by atoms with Gasteiger partial charge in [-0.1, -0.05) is 12.1 Å². The molecule has 214 valence electrons. The van der Waals surface area contributed by atoms with Gasteiger partial charge in [0.15, 0.2) is 0 Å². The first-order valence-corrected chi connectivity index (χ1v) is 13.5. The third kappa shape index (κ3) is 5.39. The summed E-state index contributed by atoms with van der Waals surface area (Å²) in [6.07, 6.45) is -1.80. The number of fused-ring (bicyclic) bond motifs is 2. The molecule has 1 saturated heterocycles. The Balaban J connectivity index is 1.49. The van der Waals surface area contributed by atoms with Crippen molar-refractivity contribution in [2.45, 2.75) is 31.5 Å². The van der Waals surface area contributed by atoms with E-state index < -0.39 is 17.3 Å². The molecule has 2 N–H and O–H groups in total. The fourth-order valence-electron chi connectivity index (χ4n) is 5.69. The fourth-order valence-corrected chi connectivity index (χ4v) is 5.69. The Hall–Kier alpha value is -4.30. The van der Waals surface area contributed by atoms with Crippen LogP contribution in [0.5, 0.6) is 5.88 Å². The molecule has 0 aliphatic carbocycles. The van der Waals surface area contributed by atoms with Gasteiger partial charge in [-0.25, -0.2) is 9.78 Å². The average Bonchev–Trinajstić information content (AvgIpc) is 2.97. The minimum absolute atomic E-state index is 0.0201. The Morgan fingerprint density at radius 3 is 2.61 bits per heavy atom. The first-order valence-electron chi connectivity index (χ1n) is 13.5. The number of alkyl halides is 3. The molecule has 1 aromatic heterocycles. The van der Waals surface area contributed by atoms with Gasteiger partial charge in [-0.3, -0.25) is 4.90 Å². The number of nitrogens with zero attached hydrogens (tertiary/aromatic N) is 4. The van der Waals surface area contributed by atoms with E-state index in [0.29, 0.717) is 57.2 Å². The SMILES string of the molecule is CCOc1ncccc1-c1ccc2c(c1)N(CCNC)C(=O)NC21CCN(c2ccc(C(F)(F)F)cc2C#N)CC1. The van der Waals surface area contributed by atoms with Crippen LogP contribution in [0.4, 0.5) is 29.3 Å². The third-order valence-electron chi connectivity index (χ3n) is 7.75. The summed E-state index contributed by atoms with van der Waals surface area (Å²) in [6, 6.07) is 14.8. The second-order valence-corrected chi connectivity index (χ2v) is 10.1. The van der Waals surface area contributed by atoms with Gasteiger partial charge in [-0.2, -0.15) is 18.4 Å². The van der Waals surface area contributed by atoms with Crippen LogP contribution in [0.25, 0.3) is 11.1 Å². The summed E-state index contributed by atoms with van der Waals surface area (Å²) in [5.74, 6) is 0.518. The maximum atomic E-state index is 13.5. The summed E-state index contributed by atoms with van der Waals surface area (Å²) >= 11 is 0. The predicted octanol–water partition coefficient (Wildman–Crippen LogP) is 5.28. The number of urea groups is 1. The van der Waals surface area contributed by atoms with Crippen molar-refractivity contribution in [2.75, 3.05) is 49.6 Å². The molecular weight excluding hydrogens is 533 g/mol. The molecule has 2 amide bonds. The van der Waals surface area contributed by atoms with E-state index in [4.69, 9.17) is 4.74 Å². The van der Waals surface area contributed by atoms with Crippen molar-refractivity contribution in [1.29, 1.82) is 5.26 Å². The number of nitrogens with one attached hydrogen (secondary N) is 2. The normalized spacial score (nSPS) is 16.2. The standard InChI is InChI=1S/C30H31F3N6O2/c1-3-41-27-23(5-4-12-36-27)20-6-8-24-26(18-20)39(16-13-35-2)28(40)37-29(24)10-14-38(15-11-29)25-9-7-22(30(31,32)33)17-21(25)19-34/h4-9,12,17-18,35H,3,10-11,13-16H2,1-2H3,(H,37,40). The third-order valence-corrected chi connectivity index (χ3v) is 7.75. The van der Waals surface area contributed by atoms with E-state index in [9.17, 15) is 23.2 Å². The van der Waals surface area contributed by atoms with Crippen molar-refractivity contribution in [1.82, 2.24) is 15.6 Å². The van der Waals surface area contributed by atoms with E-state index in [1.807, 2.05) is 55.3 Å². The molecule has 0 radical (unpaired) electrons. The highest BCUT2D eigenvalue weighted by molar-refractivity contribution is 5.97. The number of amides is 2. The molecule has 41 heavy (non-hydrogen) atoms. The predicted molar refractivity (Wildman–Crippen MR) is 150 cm³/mol. The van der Waals surface area contributed by atoms with Crippen LogP contribution >= 0.6 is 0 Å². The number of anilines is 2. The number of likely N-dealkylation sites (N-methyl/N-ethyl adjacent to an activating group) is 1. The lowest BCUT2D eigenvalue weighted by Gasteiger charge is -2.48. The second-order valence-electron chi connectivity index (χ2n) is 10.1. The molecule has 1 spiro atoms. The molecule has 2 aliphatic rings. The monoisotopic (exact) mass is 564 g/mol. The lowest BCUT2D eigenvalue weighted by Crippen LogP contribution is -2.60. The number of carbonyl (C=O) groups excluding carboxylic acids is 1. The molecular formula is C30H31F3N6O2. The molecule has 0 unspecified atom stereocenters. The zero-order valence-corrected chi connectivity index (χ0v) is 22.9. The Labute approximate surface area is 236 Å². The minimum Gasteiger partial charge on any atom is -0.478 e. The largest absolute Gasteiger partial charge is 0.478 e. The van der Waals surface area contributed by atoms with Crippen LogP contribution in [0, 0.1) is 11.3 Å². The summed E-state index contributed by atoms with van der Waals surface area (Å²) in [5, 5.41) is 15.9. The Morgan fingerprint density at radius 1 is 1.15 bits per heavy atom. The highest BCUT2D eigenvalue weighted by Crippen LogP contribution is 2.45. The Bertz CT molecular complexity index is 1480. The van der Waals surface area contributed by atoms with Crippen LogP contribution in [-0.2, 0) is 11.7 Å². The van der Waals surface area contributed by atoms with Crippen LogP contribution in [0.3, 0.4) is 0 Å². The molecule has 0 saturated carbocycles. The molecule has 11 heteroatoms. The number of pyridine rings is 1. The number of ether oxygens (including phenoxy) is 1. The van der Waals surface area contributed by atoms with E-state index in [0.717, 1.165) is 34.5 Å². The molecule has 5 rings (SSSR count). The van der Waals surface area contributed by atoms with Crippen LogP contribution in [0.2, 0.25) is 0 Å². The van der Waals surface area contributed by atoms with Gasteiger partial charge in [0.1, 0.15) is 6.07 Å². The van der Waals surface area contributed by atoms with Crippen molar-refractivity contribution in [3.8, 4) is 23.1 Å². The molecule has 8 nitrogen and oxygen atoms in total. The lowest BCUT2D eigenvalue weighted by molar-refractivity contribution is -0.137. The number of hydrogen-bond donors (Lipinski definition) is 2. The second kappa shape index (κ2) is 11.3. The van der Waals surface area contributed by atoms with E-state index in [2.05, 4.69) is 15.6 Å². The number of carbonyl (C=O) groups is 1. The van der Waals surface area contributed by atoms with Crippen molar-refractivity contribution >= 4 is 17.4 Å². The zero-order valence-electron chi connectivity index (χ0n) is 22.9. The number of aromatic nitrogens is 1. The quantitative estimate of drug-likeness (QED) is 0.406. The van der Waals surface area contributed by atoms with Gasteiger partial charge in [0.2, 0.25) is 5.88 Å². The molecule has 0 bridgehead atoms. The molecule has 3 heterocycles. The van der Waals surface area contributed by atoms with Gasteiger partial charge in [0.25, 0.3) is 0 Å². The lowest BCUT2D eigenvalue weighted by atomic mass is 9.77. The minimum atomic E-state index is -4.52. The fraction of sp³-hybridized carbons (Fsp3) is 0.367. The van der Waals surface area contributed by atoms with Gasteiger partial charge in [-0.05, 0) is 68.8 Å². The number of benzene rings is 2. The Kier molecular flexibility index (Phi) is 7.78. The number of rotatable bonds is 7. The highest BCUT2D eigenvalue weighted by Gasteiger charge is 2.45. The van der Waals surface area contributed by atoms with Crippen molar-refractivity contribution in [3.63, 3.8) is 0 Å². The van der Waals surface area contributed by atoms with Gasteiger partial charge in [-0.15, -0.1) is 0 Å². The van der Waals surface area contributed by atoms with E-state index in [-0.39, 0.29) is 11.6 Å². The van der Waals surface area contributed by atoms with Crippen molar-refractivity contribution < 1.29 is 22.7 Å². The van der Waals surface area contributed by atoms with Gasteiger partial charge in [0, 0.05) is 43.5 Å². The number of nitriles is 1. The molecule has 2 aliphatic heterocycles. The summed E-state index contributed by atoms with van der Waals surface area (Å²) < 4.78 is 45.4. The topological polar surface area (TPSA) is 93.5 Å². The molecule has 3 aromatic rings. The summed E-state index contributed by atoms with van der Waals surface area (Å²) in [4.78, 5) is 21.5. The number of hydrogen-bond acceptors (Lipinski definition) is 6. The van der Waals surface area contributed by atoms with Crippen LogP contribution < -0.4 is 25.2 Å². The van der Waals surface area contributed by atoms with Crippen LogP contribution in [0.1, 0.15) is 36.5 Å². The zero-order chi connectivity index (χ0) is 29.2. The first-order chi connectivity index (χ1) is 19.7. The van der Waals surface area contributed by atoms with Crippen LogP contribution in [-0.4, -0.2) is 50.8 Å². The van der Waals surface area contributed by atoms with E-state index in [1.165, 1.54) is 6.07 Å². The van der Waals surface area contributed by atoms with Gasteiger partial charge >= 0.3 is 12.2 Å². The maximum absolute atomic E-state index is 13.5. The first kappa shape index (κ1) is 28.2. The van der Waals surface area contributed by atoms with E-state index >= 15 is 0 Å². The van der Waals surface area contributed by atoms with Crippen molar-refractivity contribution in [2.24, 2.45) is 0 Å². The molecule has 2 aromatic carbocycles. The van der Waals surface area contributed by atoms with Gasteiger partial charge < -0.3 is 20.3 Å². The summed E-state index contributed by atoms with van der Waals surface area (Å²) in [6.45, 7) is 4.33. The summed E-state index contributed by atoms with van der Waals surface area (Å²) in [5.41, 5.74) is 2.41. The molecule has 0 atom stereocenters. The number of piperidine rings is 1. The maximum Gasteiger partial charge on any atom is 0.416 e. The smallest absolute Gasteiger partial charge is 0.416 e. The Morgan fingerprint density at radius 2 is 1.93 bits per heavy atom. The van der Waals surface area contributed by atoms with Gasteiger partial charge in [0.05, 0.1) is 34.6 Å². The summed E-state index contributed by atoms with van der Waals surface area (Å²) in [7, 11) is 1.83. The van der Waals surface area contributed by atoms with Crippen molar-refractivity contribution in [3.05, 3.63) is 71.4 Å². The highest BCUT2D eigenvalue weighted by atomic mass is 19.4.